The van der Waals surface area contributed by atoms with Crippen LogP contribution in [0.2, 0.25) is 0 Å². The number of nitrogens with zero attached hydrogens (tertiary/aromatic N) is 1. The van der Waals surface area contributed by atoms with Crippen molar-refractivity contribution in [3.05, 3.63) is 29.8 Å². The van der Waals surface area contributed by atoms with Crippen molar-refractivity contribution in [2.24, 2.45) is 5.92 Å². The number of ether oxygens (including phenoxy) is 1. The van der Waals surface area contributed by atoms with E-state index in [1.807, 2.05) is 24.3 Å². The van der Waals surface area contributed by atoms with Gasteiger partial charge in [-0.15, -0.1) is 0 Å². The number of ketones is 1. The van der Waals surface area contributed by atoms with Gasteiger partial charge in [-0.3, -0.25) is 4.79 Å². The number of hydrogen-bond acceptors (Lipinski definition) is 4. The number of carbonyl (C=O) groups excluding carboxylic acids is 2. The lowest BCUT2D eigenvalue weighted by Gasteiger charge is -2.38. The molecule has 0 spiro atoms. The lowest BCUT2D eigenvalue weighted by molar-refractivity contribution is -0.134. The first-order valence-corrected chi connectivity index (χ1v) is 7.19. The Hall–Kier alpha value is -2.15. The average Bonchev–Trinajstić information content (AvgIpc) is 2.54. The van der Waals surface area contributed by atoms with E-state index in [1.165, 1.54) is 0 Å². The van der Waals surface area contributed by atoms with Gasteiger partial charge in [0.2, 0.25) is 0 Å². The highest BCUT2D eigenvalue weighted by Crippen LogP contribution is 2.43. The molecule has 1 aliphatic carbocycles. The second kappa shape index (κ2) is 6.53. The molecule has 2 rings (SSSR count). The lowest BCUT2D eigenvalue weighted by atomic mass is 9.63. The van der Waals surface area contributed by atoms with Gasteiger partial charge < -0.3 is 9.53 Å². The van der Waals surface area contributed by atoms with Crippen molar-refractivity contribution in [2.75, 3.05) is 7.11 Å². The van der Waals surface area contributed by atoms with E-state index in [0.717, 1.165) is 18.3 Å². The highest BCUT2D eigenvalue weighted by Gasteiger charge is 2.45. The SMILES string of the molecule is COc1cccc(C2(CCC#N)CCCC(C=O)C2=O)c1. The van der Waals surface area contributed by atoms with Crippen LogP contribution in [-0.2, 0) is 15.0 Å². The molecule has 0 N–H and O–H groups in total. The molecule has 1 aromatic carbocycles. The summed E-state index contributed by atoms with van der Waals surface area (Å²) in [4.78, 5) is 24.0. The third-order valence-corrected chi connectivity index (χ3v) is 4.38. The molecule has 1 saturated carbocycles. The van der Waals surface area contributed by atoms with Crippen LogP contribution in [-0.4, -0.2) is 19.2 Å². The fourth-order valence-corrected chi connectivity index (χ4v) is 3.23. The van der Waals surface area contributed by atoms with E-state index in [2.05, 4.69) is 6.07 Å². The van der Waals surface area contributed by atoms with Crippen molar-refractivity contribution >= 4 is 12.1 Å². The predicted molar refractivity (Wildman–Crippen MR) is 77.9 cm³/mol. The molecule has 0 radical (unpaired) electrons. The number of Topliss-reactive ketones (excluding diaryl/α,β-unsaturated/α-hetero) is 1. The Balaban J connectivity index is 2.47. The number of nitriles is 1. The van der Waals surface area contributed by atoms with Crippen LogP contribution in [0.15, 0.2) is 24.3 Å². The Bertz CT molecular complexity index is 576. The van der Waals surface area contributed by atoms with Gasteiger partial charge in [-0.1, -0.05) is 18.6 Å². The molecule has 1 aliphatic rings. The zero-order chi connectivity index (χ0) is 15.3. The first-order valence-electron chi connectivity index (χ1n) is 7.19. The summed E-state index contributed by atoms with van der Waals surface area (Å²) in [6, 6.07) is 9.54. The van der Waals surface area contributed by atoms with E-state index in [1.54, 1.807) is 7.11 Å². The van der Waals surface area contributed by atoms with Crippen molar-refractivity contribution in [3.8, 4) is 11.8 Å². The number of carbonyl (C=O) groups is 2. The lowest BCUT2D eigenvalue weighted by Crippen LogP contribution is -2.44. The summed E-state index contributed by atoms with van der Waals surface area (Å²) in [5.41, 5.74) is 0.127. The predicted octanol–water partition coefficient (Wildman–Crippen LogP) is 2.80. The largest absolute Gasteiger partial charge is 0.497 e. The van der Waals surface area contributed by atoms with Gasteiger partial charge in [0.15, 0.2) is 5.78 Å². The Morgan fingerprint density at radius 2 is 2.33 bits per heavy atom. The highest BCUT2D eigenvalue weighted by atomic mass is 16.5. The zero-order valence-corrected chi connectivity index (χ0v) is 12.2. The van der Waals surface area contributed by atoms with E-state index < -0.39 is 11.3 Å². The van der Waals surface area contributed by atoms with E-state index in [0.29, 0.717) is 31.4 Å². The van der Waals surface area contributed by atoms with E-state index in [-0.39, 0.29) is 5.78 Å². The minimum absolute atomic E-state index is 0.0488. The molecule has 0 bridgehead atoms. The molecule has 2 unspecified atom stereocenters. The Labute approximate surface area is 124 Å². The molecule has 110 valence electrons. The zero-order valence-electron chi connectivity index (χ0n) is 12.2. The number of rotatable bonds is 5. The molecular weight excluding hydrogens is 266 g/mol. The third kappa shape index (κ3) is 2.82. The number of hydrogen-bond donors (Lipinski definition) is 0. The molecule has 4 heteroatoms. The van der Waals surface area contributed by atoms with Gasteiger partial charge >= 0.3 is 0 Å². The molecule has 21 heavy (non-hydrogen) atoms. The highest BCUT2D eigenvalue weighted by molar-refractivity contribution is 6.01. The van der Waals surface area contributed by atoms with E-state index in [9.17, 15) is 9.59 Å². The summed E-state index contributed by atoms with van der Waals surface area (Å²) in [5.74, 6) is 0.0840. The van der Waals surface area contributed by atoms with E-state index in [4.69, 9.17) is 10.00 Å². The monoisotopic (exact) mass is 285 g/mol. The van der Waals surface area contributed by atoms with Gasteiger partial charge in [-0.25, -0.2) is 0 Å². The maximum Gasteiger partial charge on any atom is 0.153 e. The Morgan fingerprint density at radius 1 is 1.52 bits per heavy atom. The number of aldehydes is 1. The molecule has 0 amide bonds. The summed E-state index contributed by atoms with van der Waals surface area (Å²) in [6.07, 6.45) is 3.63. The van der Waals surface area contributed by atoms with Gasteiger partial charge in [0, 0.05) is 6.42 Å². The quantitative estimate of drug-likeness (QED) is 0.616. The molecule has 1 fully saturated rings. The second-order valence-electron chi connectivity index (χ2n) is 5.47. The first-order chi connectivity index (χ1) is 10.2. The number of methoxy groups -OCH3 is 1. The van der Waals surface area contributed by atoms with Crippen LogP contribution in [0.25, 0.3) is 0 Å². The molecule has 1 aromatic rings. The molecular formula is C17H19NO3. The molecule has 0 saturated heterocycles. The maximum absolute atomic E-state index is 12.8. The van der Waals surface area contributed by atoms with Crippen LogP contribution in [0.1, 0.15) is 37.7 Å². The second-order valence-corrected chi connectivity index (χ2v) is 5.47. The van der Waals surface area contributed by atoms with Crippen LogP contribution < -0.4 is 4.74 Å². The molecule has 4 nitrogen and oxygen atoms in total. The Kier molecular flexibility index (Phi) is 4.74. The smallest absolute Gasteiger partial charge is 0.153 e. The summed E-state index contributed by atoms with van der Waals surface area (Å²) < 4.78 is 5.24. The maximum atomic E-state index is 12.8. The average molecular weight is 285 g/mol. The minimum Gasteiger partial charge on any atom is -0.497 e. The first kappa shape index (κ1) is 15.2. The van der Waals surface area contributed by atoms with Crippen LogP contribution >= 0.6 is 0 Å². The molecule has 2 atom stereocenters. The van der Waals surface area contributed by atoms with Gasteiger partial charge in [0.1, 0.15) is 12.0 Å². The molecule has 0 aliphatic heterocycles. The summed E-state index contributed by atoms with van der Waals surface area (Å²) in [7, 11) is 1.58. The standard InChI is InChI=1S/C17H19NO3/c1-21-15-7-2-6-14(11-15)17(9-4-10-18)8-3-5-13(12-19)16(17)20/h2,6-7,11-13H,3-5,8-9H2,1H3. The third-order valence-electron chi connectivity index (χ3n) is 4.38. The molecule has 0 heterocycles. The van der Waals surface area contributed by atoms with Crippen LogP contribution in [0.4, 0.5) is 0 Å². The van der Waals surface area contributed by atoms with Crippen LogP contribution in [0.5, 0.6) is 5.75 Å². The van der Waals surface area contributed by atoms with E-state index >= 15 is 0 Å². The summed E-state index contributed by atoms with van der Waals surface area (Å²) in [5, 5.41) is 8.91. The Morgan fingerprint density at radius 3 is 3.00 bits per heavy atom. The fourth-order valence-electron chi connectivity index (χ4n) is 3.23. The van der Waals surface area contributed by atoms with Gasteiger partial charge in [0.25, 0.3) is 0 Å². The van der Waals surface area contributed by atoms with Gasteiger partial charge in [-0.05, 0) is 37.0 Å². The summed E-state index contributed by atoms with van der Waals surface area (Å²) in [6.45, 7) is 0. The van der Waals surface area contributed by atoms with Crippen molar-refractivity contribution < 1.29 is 14.3 Å². The van der Waals surface area contributed by atoms with Crippen LogP contribution in [0.3, 0.4) is 0 Å². The van der Waals surface area contributed by atoms with Crippen molar-refractivity contribution in [1.82, 2.24) is 0 Å². The summed E-state index contributed by atoms with van der Waals surface area (Å²) >= 11 is 0. The van der Waals surface area contributed by atoms with Gasteiger partial charge in [-0.2, -0.15) is 5.26 Å². The number of benzene rings is 1. The fraction of sp³-hybridized carbons (Fsp3) is 0.471. The van der Waals surface area contributed by atoms with Crippen molar-refractivity contribution in [3.63, 3.8) is 0 Å². The topological polar surface area (TPSA) is 67.2 Å². The van der Waals surface area contributed by atoms with Crippen LogP contribution in [0, 0.1) is 17.2 Å². The van der Waals surface area contributed by atoms with Crippen molar-refractivity contribution in [1.29, 1.82) is 5.26 Å². The normalized spacial score (nSPS) is 25.1. The molecule has 0 aromatic heterocycles. The van der Waals surface area contributed by atoms with Gasteiger partial charge in [0.05, 0.1) is 24.5 Å². The minimum atomic E-state index is -0.728. The van der Waals surface area contributed by atoms with Crippen molar-refractivity contribution in [2.45, 2.75) is 37.5 Å².